The summed E-state index contributed by atoms with van der Waals surface area (Å²) in [6, 6.07) is 18.5. The van der Waals surface area contributed by atoms with Crippen molar-refractivity contribution in [2.45, 2.75) is 26.1 Å². The number of ether oxygens (including phenoxy) is 1. The third-order valence-electron chi connectivity index (χ3n) is 4.80. The van der Waals surface area contributed by atoms with Gasteiger partial charge in [0.15, 0.2) is 0 Å². The van der Waals surface area contributed by atoms with E-state index in [1.165, 1.54) is 0 Å². The summed E-state index contributed by atoms with van der Waals surface area (Å²) in [6.45, 7) is 2.34. The lowest BCUT2D eigenvalue weighted by Gasteiger charge is -2.16. The van der Waals surface area contributed by atoms with Gasteiger partial charge in [-0.2, -0.15) is 0 Å². The lowest BCUT2D eigenvalue weighted by atomic mass is 10.1. The maximum atomic E-state index is 12.8. The van der Waals surface area contributed by atoms with Gasteiger partial charge in [-0.3, -0.25) is 9.78 Å². The van der Waals surface area contributed by atoms with Crippen LogP contribution in [0.3, 0.4) is 0 Å². The molecule has 0 aliphatic rings. The van der Waals surface area contributed by atoms with Gasteiger partial charge in [-0.05, 0) is 61.0 Å². The number of pyridine rings is 1. The normalized spacial score (nSPS) is 11.9. The Bertz CT molecular complexity index is 1140. The Balaban J connectivity index is 1.52. The zero-order valence-corrected chi connectivity index (χ0v) is 17.2. The predicted octanol–water partition coefficient (Wildman–Crippen LogP) is 4.54. The van der Waals surface area contributed by atoms with Crippen LogP contribution in [0.25, 0.3) is 11.0 Å². The Morgan fingerprint density at radius 1 is 1.10 bits per heavy atom. The molecule has 6 nitrogen and oxygen atoms in total. The molecule has 0 bridgehead atoms. The van der Waals surface area contributed by atoms with Crippen LogP contribution >= 0.6 is 11.6 Å². The first kappa shape index (κ1) is 19.9. The van der Waals surface area contributed by atoms with Crippen molar-refractivity contribution in [3.05, 3.63) is 89.5 Å². The number of rotatable bonds is 7. The maximum absolute atomic E-state index is 12.8. The molecule has 0 saturated carbocycles. The summed E-state index contributed by atoms with van der Waals surface area (Å²) < 4.78 is 7.76. The number of hydrogen-bond acceptors (Lipinski definition) is 4. The van der Waals surface area contributed by atoms with Crippen molar-refractivity contribution in [1.82, 2.24) is 19.9 Å². The zero-order chi connectivity index (χ0) is 20.9. The van der Waals surface area contributed by atoms with Gasteiger partial charge in [-0.25, -0.2) is 4.98 Å². The van der Waals surface area contributed by atoms with Crippen LogP contribution in [-0.4, -0.2) is 20.4 Å². The van der Waals surface area contributed by atoms with Crippen LogP contribution in [0.1, 0.15) is 24.4 Å². The molecule has 2 aromatic carbocycles. The number of fused-ring (bicyclic) bond motifs is 1. The molecule has 1 amide bonds. The Hall–Kier alpha value is -3.38. The summed E-state index contributed by atoms with van der Waals surface area (Å²) in [5.74, 6) is 1.27. The third-order valence-corrected chi connectivity index (χ3v) is 5.05. The molecule has 4 aromatic rings. The number of nitrogens with zero attached hydrogens (tertiary/aromatic N) is 3. The van der Waals surface area contributed by atoms with E-state index in [1.807, 2.05) is 47.9 Å². The Kier molecular flexibility index (Phi) is 5.95. The fraction of sp³-hybridized carbons (Fsp3) is 0.174. The average molecular weight is 421 g/mol. The first-order chi connectivity index (χ1) is 14.6. The van der Waals surface area contributed by atoms with Gasteiger partial charge >= 0.3 is 0 Å². The summed E-state index contributed by atoms with van der Waals surface area (Å²) in [5.41, 5.74) is 2.71. The minimum Gasteiger partial charge on any atom is -0.486 e. The Morgan fingerprint density at radius 2 is 1.83 bits per heavy atom. The lowest BCUT2D eigenvalue weighted by molar-refractivity contribution is -0.122. The smallest absolute Gasteiger partial charge is 0.240 e. The monoisotopic (exact) mass is 420 g/mol. The summed E-state index contributed by atoms with van der Waals surface area (Å²) in [7, 11) is 0. The molecule has 1 atom stereocenters. The van der Waals surface area contributed by atoms with Gasteiger partial charge in [0.1, 0.15) is 24.7 Å². The van der Waals surface area contributed by atoms with Crippen LogP contribution in [-0.2, 0) is 17.9 Å². The molecule has 0 aliphatic carbocycles. The number of amides is 1. The van der Waals surface area contributed by atoms with Crippen molar-refractivity contribution < 1.29 is 9.53 Å². The van der Waals surface area contributed by atoms with Crippen LogP contribution in [0.5, 0.6) is 5.75 Å². The number of nitrogens with one attached hydrogen (secondary N) is 1. The molecule has 1 N–H and O–H groups in total. The maximum Gasteiger partial charge on any atom is 0.240 e. The van der Waals surface area contributed by atoms with E-state index in [4.69, 9.17) is 16.3 Å². The van der Waals surface area contributed by atoms with Crippen molar-refractivity contribution in [2.75, 3.05) is 0 Å². The second-order valence-corrected chi connectivity index (χ2v) is 7.35. The summed E-state index contributed by atoms with van der Waals surface area (Å²) >= 11 is 5.93. The molecule has 0 fully saturated rings. The van der Waals surface area contributed by atoms with E-state index >= 15 is 0 Å². The van der Waals surface area contributed by atoms with Gasteiger partial charge in [0.2, 0.25) is 5.91 Å². The topological polar surface area (TPSA) is 69.0 Å². The van der Waals surface area contributed by atoms with Crippen LogP contribution in [0.4, 0.5) is 0 Å². The zero-order valence-electron chi connectivity index (χ0n) is 16.5. The van der Waals surface area contributed by atoms with E-state index in [9.17, 15) is 4.79 Å². The highest BCUT2D eigenvalue weighted by molar-refractivity contribution is 6.30. The van der Waals surface area contributed by atoms with E-state index in [0.717, 1.165) is 16.6 Å². The second-order valence-electron chi connectivity index (χ2n) is 6.92. The van der Waals surface area contributed by atoms with Crippen LogP contribution in [0.2, 0.25) is 5.02 Å². The number of halogens is 1. The fourth-order valence-electron chi connectivity index (χ4n) is 3.26. The van der Waals surface area contributed by atoms with Crippen LogP contribution < -0.4 is 10.1 Å². The van der Waals surface area contributed by atoms with Gasteiger partial charge in [0.25, 0.3) is 0 Å². The summed E-state index contributed by atoms with van der Waals surface area (Å²) in [6.07, 6.45) is 3.43. The summed E-state index contributed by atoms with van der Waals surface area (Å²) in [5, 5.41) is 3.68. The molecule has 30 heavy (non-hydrogen) atoms. The fourth-order valence-corrected chi connectivity index (χ4v) is 3.38. The Morgan fingerprint density at radius 3 is 2.60 bits per heavy atom. The van der Waals surface area contributed by atoms with Gasteiger partial charge in [0, 0.05) is 17.4 Å². The standard InChI is InChI=1S/C23H21ClN4O2/c1-16(17-10-12-25-13-11-17)26-23(29)14-28-21-5-3-2-4-20(21)27-22(28)15-30-19-8-6-18(24)7-9-19/h2-13,16H,14-15H2,1H3,(H,26,29)/t16-/m0/s1. The van der Waals surface area contributed by atoms with Gasteiger partial charge < -0.3 is 14.6 Å². The van der Waals surface area contributed by atoms with E-state index in [-0.39, 0.29) is 25.1 Å². The largest absolute Gasteiger partial charge is 0.486 e. The second kappa shape index (κ2) is 8.97. The number of imidazole rings is 1. The predicted molar refractivity (Wildman–Crippen MR) is 116 cm³/mol. The number of aromatic nitrogens is 3. The SMILES string of the molecule is C[C@H](NC(=O)Cn1c(COc2ccc(Cl)cc2)nc2ccccc21)c1ccncc1. The molecular weight excluding hydrogens is 400 g/mol. The van der Waals surface area contributed by atoms with E-state index in [0.29, 0.717) is 16.6 Å². The molecule has 0 saturated heterocycles. The molecular formula is C23H21ClN4O2. The van der Waals surface area contributed by atoms with Crippen molar-refractivity contribution in [3.63, 3.8) is 0 Å². The lowest BCUT2D eigenvalue weighted by Crippen LogP contribution is -2.30. The van der Waals surface area contributed by atoms with Crippen molar-refractivity contribution in [2.24, 2.45) is 0 Å². The first-order valence-corrected chi connectivity index (χ1v) is 10.00. The highest BCUT2D eigenvalue weighted by Gasteiger charge is 2.16. The number of carbonyl (C=O) groups is 1. The number of benzene rings is 2. The van der Waals surface area contributed by atoms with Crippen molar-refractivity contribution >= 4 is 28.5 Å². The number of para-hydroxylation sites is 2. The minimum atomic E-state index is -0.121. The van der Waals surface area contributed by atoms with Crippen LogP contribution in [0.15, 0.2) is 73.1 Å². The first-order valence-electron chi connectivity index (χ1n) is 9.62. The quantitative estimate of drug-likeness (QED) is 0.476. The van der Waals surface area contributed by atoms with Crippen LogP contribution in [0, 0.1) is 0 Å². The highest BCUT2D eigenvalue weighted by atomic mass is 35.5. The Labute approximate surface area is 179 Å². The molecule has 0 unspecified atom stereocenters. The average Bonchev–Trinajstić information content (AvgIpc) is 3.11. The molecule has 0 radical (unpaired) electrons. The van der Waals surface area contributed by atoms with E-state index in [1.54, 1.807) is 36.7 Å². The summed E-state index contributed by atoms with van der Waals surface area (Å²) in [4.78, 5) is 21.4. The minimum absolute atomic E-state index is 0.102. The van der Waals surface area contributed by atoms with Gasteiger partial charge in [-0.15, -0.1) is 0 Å². The van der Waals surface area contributed by atoms with Gasteiger partial charge in [0.05, 0.1) is 17.1 Å². The molecule has 4 rings (SSSR count). The molecule has 7 heteroatoms. The molecule has 2 aromatic heterocycles. The molecule has 152 valence electrons. The van der Waals surface area contributed by atoms with E-state index in [2.05, 4.69) is 15.3 Å². The molecule has 0 aliphatic heterocycles. The highest BCUT2D eigenvalue weighted by Crippen LogP contribution is 2.20. The number of hydrogen-bond donors (Lipinski definition) is 1. The molecule has 0 spiro atoms. The van der Waals surface area contributed by atoms with E-state index < -0.39 is 0 Å². The third kappa shape index (κ3) is 4.60. The van der Waals surface area contributed by atoms with Gasteiger partial charge in [-0.1, -0.05) is 23.7 Å². The van der Waals surface area contributed by atoms with Crippen molar-refractivity contribution in [3.8, 4) is 5.75 Å². The van der Waals surface area contributed by atoms with Crippen molar-refractivity contribution in [1.29, 1.82) is 0 Å². The molecule has 2 heterocycles. The number of carbonyl (C=O) groups excluding carboxylic acids is 1.